The second-order valence-electron chi connectivity index (χ2n) is 7.47. The second-order valence-corrected chi connectivity index (χ2v) is 7.47. The van der Waals surface area contributed by atoms with E-state index in [0.717, 1.165) is 5.56 Å². The number of ether oxygens (including phenoxy) is 4. The van der Waals surface area contributed by atoms with Gasteiger partial charge in [0, 0.05) is 0 Å². The van der Waals surface area contributed by atoms with Gasteiger partial charge in [-0.2, -0.15) is 0 Å². The molecule has 2 aromatic carbocycles. The van der Waals surface area contributed by atoms with Crippen LogP contribution in [0.25, 0.3) is 0 Å². The van der Waals surface area contributed by atoms with Gasteiger partial charge < -0.3 is 18.9 Å². The van der Waals surface area contributed by atoms with E-state index in [-0.39, 0.29) is 24.0 Å². The lowest BCUT2D eigenvalue weighted by molar-refractivity contribution is 0.0926. The normalized spacial score (nSPS) is 21.4. The van der Waals surface area contributed by atoms with Crippen LogP contribution in [0.4, 0.5) is 5.69 Å². The van der Waals surface area contributed by atoms with E-state index in [0.29, 0.717) is 61.2 Å². The zero-order valence-corrected chi connectivity index (χ0v) is 16.3. The van der Waals surface area contributed by atoms with Crippen molar-refractivity contribution in [3.05, 3.63) is 65.7 Å². The summed E-state index contributed by atoms with van der Waals surface area (Å²) in [6.45, 7) is 6.10. The Kier molecular flexibility index (Phi) is 4.77. The van der Waals surface area contributed by atoms with Crippen molar-refractivity contribution >= 4 is 17.5 Å². The molecule has 30 heavy (non-hydrogen) atoms. The average molecular weight is 407 g/mol. The zero-order chi connectivity index (χ0) is 20.7. The number of fused-ring (bicyclic) bond motifs is 1. The predicted octanol–water partition coefficient (Wildman–Crippen LogP) is 2.77. The van der Waals surface area contributed by atoms with Crippen molar-refractivity contribution in [2.45, 2.75) is 18.6 Å². The molecule has 2 fully saturated rings. The fourth-order valence-corrected chi connectivity index (χ4v) is 3.41. The van der Waals surface area contributed by atoms with Crippen LogP contribution in [0.2, 0.25) is 0 Å². The zero-order valence-electron chi connectivity index (χ0n) is 16.3. The van der Waals surface area contributed by atoms with Gasteiger partial charge >= 0.3 is 0 Å². The summed E-state index contributed by atoms with van der Waals surface area (Å²) in [7, 11) is 0. The lowest BCUT2D eigenvalue weighted by Gasteiger charge is -2.17. The van der Waals surface area contributed by atoms with Gasteiger partial charge in [0.2, 0.25) is 0 Å². The maximum atomic E-state index is 13.0. The summed E-state index contributed by atoms with van der Waals surface area (Å²) in [4.78, 5) is 27.2. The monoisotopic (exact) mass is 407 g/mol. The molecular weight excluding hydrogens is 386 g/mol. The molecule has 154 valence electrons. The number of amides is 2. The van der Waals surface area contributed by atoms with Crippen LogP contribution in [0.15, 0.2) is 49.1 Å². The number of benzene rings is 2. The van der Waals surface area contributed by atoms with E-state index in [1.54, 1.807) is 42.5 Å². The van der Waals surface area contributed by atoms with E-state index in [1.807, 2.05) is 0 Å². The van der Waals surface area contributed by atoms with E-state index in [1.165, 1.54) is 4.90 Å². The van der Waals surface area contributed by atoms with Crippen molar-refractivity contribution in [2.24, 2.45) is 0 Å². The number of rotatable bonds is 9. The largest absolute Gasteiger partial charge is 0.491 e. The second kappa shape index (κ2) is 7.59. The molecule has 3 aliphatic heterocycles. The fraction of sp³-hybridized carbons (Fsp3) is 0.304. The first-order valence-corrected chi connectivity index (χ1v) is 9.89. The van der Waals surface area contributed by atoms with Gasteiger partial charge in [0.1, 0.15) is 36.9 Å². The molecule has 5 rings (SSSR count). The number of carbonyl (C=O) groups excluding carboxylic acids is 2. The molecule has 0 spiro atoms. The number of anilines is 1. The summed E-state index contributed by atoms with van der Waals surface area (Å²) in [5.74, 6) is 0.527. The number of imide groups is 1. The van der Waals surface area contributed by atoms with Gasteiger partial charge in [0.15, 0.2) is 0 Å². The van der Waals surface area contributed by atoms with Gasteiger partial charge in [-0.05, 0) is 48.4 Å². The van der Waals surface area contributed by atoms with Gasteiger partial charge in [0.05, 0.1) is 30.0 Å². The Morgan fingerprint density at radius 2 is 1.67 bits per heavy atom. The van der Waals surface area contributed by atoms with Crippen LogP contribution >= 0.6 is 0 Å². The molecule has 2 atom stereocenters. The molecule has 7 heteroatoms. The number of epoxide rings is 2. The van der Waals surface area contributed by atoms with E-state index < -0.39 is 0 Å². The first kappa shape index (κ1) is 18.8. The first-order valence-electron chi connectivity index (χ1n) is 9.89. The SMILES string of the molecule is C=CCc1cc(N2C(=O)c3ccc(OCC4CO4)cc3C2=O)ccc1OCC1CO1. The molecule has 2 amide bonds. The summed E-state index contributed by atoms with van der Waals surface area (Å²) in [5, 5.41) is 0. The molecule has 0 saturated carbocycles. The van der Waals surface area contributed by atoms with Crippen LogP contribution in [-0.4, -0.2) is 50.4 Å². The minimum atomic E-state index is -0.368. The standard InChI is InChI=1S/C23H21NO6/c1-2-3-14-8-15(4-7-21(14)30-13-18-12-29-18)24-22(25)19-6-5-16(9-20(19)23(24)26)27-10-17-11-28-17/h2,4-9,17-18H,1,3,10-13H2. The minimum Gasteiger partial charge on any atom is -0.491 e. The molecule has 3 heterocycles. The van der Waals surface area contributed by atoms with Crippen LogP contribution in [0.1, 0.15) is 26.3 Å². The molecule has 7 nitrogen and oxygen atoms in total. The van der Waals surface area contributed by atoms with Crippen molar-refractivity contribution in [1.82, 2.24) is 0 Å². The molecule has 2 unspecified atom stereocenters. The Morgan fingerprint density at radius 1 is 0.967 bits per heavy atom. The fourth-order valence-electron chi connectivity index (χ4n) is 3.41. The van der Waals surface area contributed by atoms with E-state index in [4.69, 9.17) is 18.9 Å². The van der Waals surface area contributed by atoms with Crippen molar-refractivity contribution in [3.63, 3.8) is 0 Å². The molecule has 0 radical (unpaired) electrons. The van der Waals surface area contributed by atoms with Crippen LogP contribution in [0, 0.1) is 0 Å². The van der Waals surface area contributed by atoms with Crippen LogP contribution in [-0.2, 0) is 15.9 Å². The molecule has 0 N–H and O–H groups in total. The Bertz CT molecular complexity index is 1020. The highest BCUT2D eigenvalue weighted by Crippen LogP contribution is 2.34. The van der Waals surface area contributed by atoms with E-state index in [9.17, 15) is 9.59 Å². The highest BCUT2D eigenvalue weighted by atomic mass is 16.6. The van der Waals surface area contributed by atoms with Gasteiger partial charge in [-0.25, -0.2) is 4.90 Å². The van der Waals surface area contributed by atoms with Crippen LogP contribution in [0.3, 0.4) is 0 Å². The molecule has 0 bridgehead atoms. The molecule has 2 aromatic rings. The Balaban J connectivity index is 1.39. The van der Waals surface area contributed by atoms with Crippen molar-refractivity contribution < 1.29 is 28.5 Å². The number of carbonyl (C=O) groups is 2. The van der Waals surface area contributed by atoms with Crippen LogP contribution in [0.5, 0.6) is 11.5 Å². The maximum Gasteiger partial charge on any atom is 0.266 e. The Hall–Kier alpha value is -3.16. The van der Waals surface area contributed by atoms with Crippen molar-refractivity contribution in [2.75, 3.05) is 31.3 Å². The average Bonchev–Trinajstić information content (AvgIpc) is 3.67. The van der Waals surface area contributed by atoms with Crippen LogP contribution < -0.4 is 14.4 Å². The number of allylic oxidation sites excluding steroid dienone is 1. The number of hydrogen-bond donors (Lipinski definition) is 0. The molecule has 0 aliphatic carbocycles. The third-order valence-corrected chi connectivity index (χ3v) is 5.19. The van der Waals surface area contributed by atoms with E-state index in [2.05, 4.69) is 6.58 Å². The summed E-state index contributed by atoms with van der Waals surface area (Å²) in [5.41, 5.74) is 2.06. The summed E-state index contributed by atoms with van der Waals surface area (Å²) < 4.78 is 21.8. The lowest BCUT2D eigenvalue weighted by Crippen LogP contribution is -2.29. The van der Waals surface area contributed by atoms with Gasteiger partial charge in [-0.15, -0.1) is 6.58 Å². The Labute approximate surface area is 173 Å². The third-order valence-electron chi connectivity index (χ3n) is 5.19. The van der Waals surface area contributed by atoms with E-state index >= 15 is 0 Å². The maximum absolute atomic E-state index is 13.0. The van der Waals surface area contributed by atoms with Gasteiger partial charge in [0.25, 0.3) is 11.8 Å². The highest BCUT2D eigenvalue weighted by Gasteiger charge is 2.37. The van der Waals surface area contributed by atoms with Crippen molar-refractivity contribution in [1.29, 1.82) is 0 Å². The lowest BCUT2D eigenvalue weighted by atomic mass is 10.1. The smallest absolute Gasteiger partial charge is 0.266 e. The quantitative estimate of drug-likeness (QED) is 0.361. The molecule has 2 saturated heterocycles. The highest BCUT2D eigenvalue weighted by molar-refractivity contribution is 6.34. The number of nitrogens with zero attached hydrogens (tertiary/aromatic N) is 1. The topological polar surface area (TPSA) is 80.9 Å². The molecular formula is C23H21NO6. The van der Waals surface area contributed by atoms with Gasteiger partial charge in [-0.3, -0.25) is 9.59 Å². The summed E-state index contributed by atoms with van der Waals surface area (Å²) >= 11 is 0. The molecule has 0 aromatic heterocycles. The van der Waals surface area contributed by atoms with Crippen molar-refractivity contribution in [3.8, 4) is 11.5 Å². The van der Waals surface area contributed by atoms with Gasteiger partial charge in [-0.1, -0.05) is 6.08 Å². The summed E-state index contributed by atoms with van der Waals surface area (Å²) in [6.07, 6.45) is 2.57. The Morgan fingerprint density at radius 3 is 2.37 bits per heavy atom. The minimum absolute atomic E-state index is 0.113. The predicted molar refractivity (Wildman–Crippen MR) is 108 cm³/mol. The third kappa shape index (κ3) is 3.69. The number of hydrogen-bond acceptors (Lipinski definition) is 6. The summed E-state index contributed by atoms with van der Waals surface area (Å²) in [6, 6.07) is 10.3. The molecule has 3 aliphatic rings. The first-order chi connectivity index (χ1) is 14.6.